The van der Waals surface area contributed by atoms with Crippen molar-refractivity contribution in [1.29, 1.82) is 0 Å². The van der Waals surface area contributed by atoms with Gasteiger partial charge in [-0.2, -0.15) is 0 Å². The largest absolute Gasteiger partial charge is 0.491 e. The van der Waals surface area contributed by atoms with Gasteiger partial charge in [-0.15, -0.1) is 0 Å². The Balaban J connectivity index is 1.91. The summed E-state index contributed by atoms with van der Waals surface area (Å²) in [6, 6.07) is 16.0. The minimum absolute atomic E-state index is 0.275. The van der Waals surface area contributed by atoms with E-state index in [0.717, 1.165) is 24.2 Å². The molecule has 2 aromatic rings. The van der Waals surface area contributed by atoms with E-state index in [1.54, 1.807) is 0 Å². The van der Waals surface area contributed by atoms with Crippen LogP contribution in [0.1, 0.15) is 36.6 Å². The van der Waals surface area contributed by atoms with E-state index in [1.807, 2.05) is 24.3 Å². The van der Waals surface area contributed by atoms with E-state index in [2.05, 4.69) is 38.1 Å². The molecule has 0 aliphatic carbocycles. The zero-order chi connectivity index (χ0) is 14.4. The summed E-state index contributed by atoms with van der Waals surface area (Å²) < 4.78 is 5.63. The fourth-order valence-electron chi connectivity index (χ4n) is 2.07. The highest BCUT2D eigenvalue weighted by Crippen LogP contribution is 2.18. The summed E-state index contributed by atoms with van der Waals surface area (Å²) in [5, 5.41) is 10.1. The Kier molecular flexibility index (Phi) is 5.19. The zero-order valence-electron chi connectivity index (χ0n) is 12.2. The van der Waals surface area contributed by atoms with Crippen LogP contribution in [-0.4, -0.2) is 11.7 Å². The number of benzene rings is 2. The van der Waals surface area contributed by atoms with Gasteiger partial charge < -0.3 is 9.84 Å². The van der Waals surface area contributed by atoms with Gasteiger partial charge in [0, 0.05) is 0 Å². The molecule has 1 N–H and O–H groups in total. The fourth-order valence-corrected chi connectivity index (χ4v) is 2.07. The van der Waals surface area contributed by atoms with Crippen molar-refractivity contribution in [3.8, 4) is 5.75 Å². The quantitative estimate of drug-likeness (QED) is 0.862. The second kappa shape index (κ2) is 7.11. The van der Waals surface area contributed by atoms with Crippen molar-refractivity contribution in [2.24, 2.45) is 0 Å². The molecule has 20 heavy (non-hydrogen) atoms. The molecule has 2 aromatic carbocycles. The third kappa shape index (κ3) is 3.84. The Morgan fingerprint density at radius 2 is 1.35 bits per heavy atom. The number of hydrogen-bond acceptors (Lipinski definition) is 2. The molecule has 0 saturated heterocycles. The standard InChI is InChI=1S/C18H22O2/c1-3-14-5-9-16(10-6-14)18(19)13-20-17-11-7-15(4-2)8-12-17/h5-12,18-19H,3-4,13H2,1-2H3. The van der Waals surface area contributed by atoms with Crippen molar-refractivity contribution >= 4 is 0 Å². The van der Waals surface area contributed by atoms with Crippen LogP contribution < -0.4 is 4.74 Å². The molecule has 2 nitrogen and oxygen atoms in total. The van der Waals surface area contributed by atoms with E-state index in [-0.39, 0.29) is 6.61 Å². The molecule has 0 heterocycles. The molecule has 0 radical (unpaired) electrons. The Hall–Kier alpha value is -1.80. The van der Waals surface area contributed by atoms with E-state index < -0.39 is 6.10 Å². The van der Waals surface area contributed by atoms with Crippen LogP contribution in [0.4, 0.5) is 0 Å². The van der Waals surface area contributed by atoms with Crippen molar-refractivity contribution in [1.82, 2.24) is 0 Å². The Morgan fingerprint density at radius 3 is 1.85 bits per heavy atom. The Morgan fingerprint density at radius 1 is 0.850 bits per heavy atom. The third-order valence-corrected chi connectivity index (χ3v) is 3.51. The smallest absolute Gasteiger partial charge is 0.119 e. The summed E-state index contributed by atoms with van der Waals surface area (Å²) in [6.45, 7) is 4.52. The SMILES string of the molecule is CCc1ccc(OCC(O)c2ccc(CC)cc2)cc1. The molecule has 0 aliphatic rings. The zero-order valence-corrected chi connectivity index (χ0v) is 12.2. The maximum Gasteiger partial charge on any atom is 0.119 e. The third-order valence-electron chi connectivity index (χ3n) is 3.51. The predicted octanol–water partition coefficient (Wildman–Crippen LogP) is 3.92. The number of rotatable bonds is 6. The molecule has 0 aromatic heterocycles. The summed E-state index contributed by atoms with van der Waals surface area (Å²) in [5.74, 6) is 0.798. The minimum atomic E-state index is -0.591. The summed E-state index contributed by atoms with van der Waals surface area (Å²) >= 11 is 0. The second-order valence-electron chi connectivity index (χ2n) is 4.92. The van der Waals surface area contributed by atoms with Gasteiger partial charge >= 0.3 is 0 Å². The first kappa shape index (κ1) is 14.6. The van der Waals surface area contributed by atoms with Crippen LogP contribution in [0.5, 0.6) is 5.75 Å². The molecular weight excluding hydrogens is 248 g/mol. The molecule has 0 aliphatic heterocycles. The van der Waals surface area contributed by atoms with Crippen LogP contribution in [0.3, 0.4) is 0 Å². The average Bonchev–Trinajstić information content (AvgIpc) is 2.53. The normalized spacial score (nSPS) is 12.2. The van der Waals surface area contributed by atoms with Crippen molar-refractivity contribution in [2.75, 3.05) is 6.61 Å². The van der Waals surface area contributed by atoms with Crippen LogP contribution in [0, 0.1) is 0 Å². The van der Waals surface area contributed by atoms with E-state index in [0.29, 0.717) is 0 Å². The number of hydrogen-bond donors (Lipinski definition) is 1. The van der Waals surface area contributed by atoms with Gasteiger partial charge in [0.2, 0.25) is 0 Å². The number of aryl methyl sites for hydroxylation is 2. The topological polar surface area (TPSA) is 29.5 Å². The molecule has 0 amide bonds. The van der Waals surface area contributed by atoms with Crippen molar-refractivity contribution in [2.45, 2.75) is 32.8 Å². The van der Waals surface area contributed by atoms with Crippen LogP contribution in [0.2, 0.25) is 0 Å². The molecule has 1 atom stereocenters. The monoisotopic (exact) mass is 270 g/mol. The number of aliphatic hydroxyl groups excluding tert-OH is 1. The average molecular weight is 270 g/mol. The maximum absolute atomic E-state index is 10.1. The van der Waals surface area contributed by atoms with Gasteiger partial charge in [0.15, 0.2) is 0 Å². The molecule has 0 bridgehead atoms. The molecule has 1 unspecified atom stereocenters. The number of aliphatic hydroxyl groups is 1. The summed E-state index contributed by atoms with van der Waals surface area (Å²) in [6.07, 6.45) is 1.44. The minimum Gasteiger partial charge on any atom is -0.491 e. The van der Waals surface area contributed by atoms with Crippen LogP contribution in [-0.2, 0) is 12.8 Å². The lowest BCUT2D eigenvalue weighted by atomic mass is 10.1. The molecule has 106 valence electrons. The summed E-state index contributed by atoms with van der Waals surface area (Å²) in [5.41, 5.74) is 3.46. The van der Waals surface area contributed by atoms with E-state index >= 15 is 0 Å². The van der Waals surface area contributed by atoms with E-state index in [4.69, 9.17) is 4.74 Å². The molecule has 2 heteroatoms. The lowest BCUT2D eigenvalue weighted by Crippen LogP contribution is -2.09. The van der Waals surface area contributed by atoms with E-state index in [1.165, 1.54) is 11.1 Å². The molecule has 0 fully saturated rings. The number of ether oxygens (including phenoxy) is 1. The molecular formula is C18H22O2. The fraction of sp³-hybridized carbons (Fsp3) is 0.333. The van der Waals surface area contributed by atoms with Gasteiger partial charge in [-0.05, 0) is 41.7 Å². The van der Waals surface area contributed by atoms with Gasteiger partial charge in [-0.1, -0.05) is 50.2 Å². The molecule has 2 rings (SSSR count). The predicted molar refractivity (Wildman–Crippen MR) is 82.1 cm³/mol. The first-order valence-corrected chi connectivity index (χ1v) is 7.21. The van der Waals surface area contributed by atoms with Gasteiger partial charge in [-0.25, -0.2) is 0 Å². The lowest BCUT2D eigenvalue weighted by Gasteiger charge is -2.13. The summed E-state index contributed by atoms with van der Waals surface area (Å²) in [7, 11) is 0. The summed E-state index contributed by atoms with van der Waals surface area (Å²) in [4.78, 5) is 0. The lowest BCUT2D eigenvalue weighted by molar-refractivity contribution is 0.108. The van der Waals surface area contributed by atoms with Crippen LogP contribution >= 0.6 is 0 Å². The van der Waals surface area contributed by atoms with Crippen LogP contribution in [0.25, 0.3) is 0 Å². The Bertz CT molecular complexity index is 514. The second-order valence-corrected chi connectivity index (χ2v) is 4.92. The van der Waals surface area contributed by atoms with Crippen molar-refractivity contribution in [3.05, 3.63) is 65.2 Å². The van der Waals surface area contributed by atoms with Gasteiger partial charge in [-0.3, -0.25) is 0 Å². The highest BCUT2D eigenvalue weighted by Gasteiger charge is 2.08. The van der Waals surface area contributed by atoms with Crippen molar-refractivity contribution < 1.29 is 9.84 Å². The Labute approximate surface area is 121 Å². The highest BCUT2D eigenvalue weighted by atomic mass is 16.5. The van der Waals surface area contributed by atoms with Gasteiger partial charge in [0.1, 0.15) is 18.5 Å². The first-order valence-electron chi connectivity index (χ1n) is 7.21. The van der Waals surface area contributed by atoms with Gasteiger partial charge in [0.25, 0.3) is 0 Å². The van der Waals surface area contributed by atoms with Crippen LogP contribution in [0.15, 0.2) is 48.5 Å². The first-order chi connectivity index (χ1) is 9.72. The maximum atomic E-state index is 10.1. The van der Waals surface area contributed by atoms with Gasteiger partial charge in [0.05, 0.1) is 0 Å². The molecule has 0 saturated carbocycles. The molecule has 0 spiro atoms. The van der Waals surface area contributed by atoms with E-state index in [9.17, 15) is 5.11 Å². The highest BCUT2D eigenvalue weighted by molar-refractivity contribution is 5.28. The van der Waals surface area contributed by atoms with Crippen molar-refractivity contribution in [3.63, 3.8) is 0 Å².